The van der Waals surface area contributed by atoms with Crippen molar-refractivity contribution in [3.8, 4) is 11.1 Å². The molecule has 1 aromatic heterocycles. The standard InChI is InChI=1S/C17H15BrN2/c1-13-2-6-15(7-3-13)16-10-19-20(12-16)11-14-4-8-17(18)9-5-14/h2-10,12H,11H2,1H3. The van der Waals surface area contributed by atoms with Crippen LogP contribution in [0.25, 0.3) is 11.1 Å². The zero-order chi connectivity index (χ0) is 13.9. The molecular formula is C17H15BrN2. The van der Waals surface area contributed by atoms with E-state index in [-0.39, 0.29) is 0 Å². The lowest BCUT2D eigenvalue weighted by molar-refractivity contribution is 0.687. The van der Waals surface area contributed by atoms with Crippen molar-refractivity contribution in [3.63, 3.8) is 0 Å². The van der Waals surface area contributed by atoms with Crippen LogP contribution in [0.15, 0.2) is 65.4 Å². The number of aromatic nitrogens is 2. The topological polar surface area (TPSA) is 17.8 Å². The Morgan fingerprint density at radius 1 is 0.950 bits per heavy atom. The van der Waals surface area contributed by atoms with Crippen LogP contribution in [-0.4, -0.2) is 9.78 Å². The number of halogens is 1. The summed E-state index contributed by atoms with van der Waals surface area (Å²) in [6, 6.07) is 16.9. The highest BCUT2D eigenvalue weighted by Gasteiger charge is 2.02. The zero-order valence-electron chi connectivity index (χ0n) is 11.3. The van der Waals surface area contributed by atoms with Crippen LogP contribution in [0.3, 0.4) is 0 Å². The van der Waals surface area contributed by atoms with Gasteiger partial charge < -0.3 is 0 Å². The molecule has 100 valence electrons. The maximum atomic E-state index is 4.44. The van der Waals surface area contributed by atoms with Crippen LogP contribution < -0.4 is 0 Å². The van der Waals surface area contributed by atoms with Crippen LogP contribution in [0.5, 0.6) is 0 Å². The second-order valence-corrected chi connectivity index (χ2v) is 5.83. The van der Waals surface area contributed by atoms with Crippen LogP contribution in [0.2, 0.25) is 0 Å². The number of nitrogens with zero attached hydrogens (tertiary/aromatic N) is 2. The molecule has 0 bridgehead atoms. The molecule has 3 heteroatoms. The lowest BCUT2D eigenvalue weighted by Crippen LogP contribution is -1.99. The van der Waals surface area contributed by atoms with Crippen molar-refractivity contribution in [1.82, 2.24) is 9.78 Å². The van der Waals surface area contributed by atoms with Gasteiger partial charge in [0.15, 0.2) is 0 Å². The minimum Gasteiger partial charge on any atom is -0.268 e. The Bertz CT molecular complexity index is 697. The van der Waals surface area contributed by atoms with E-state index in [1.54, 1.807) is 0 Å². The quantitative estimate of drug-likeness (QED) is 0.683. The lowest BCUT2D eigenvalue weighted by Gasteiger charge is -2.02. The van der Waals surface area contributed by atoms with Gasteiger partial charge in [0.1, 0.15) is 0 Å². The molecule has 0 saturated carbocycles. The van der Waals surface area contributed by atoms with Gasteiger partial charge in [0, 0.05) is 16.2 Å². The Hall–Kier alpha value is -1.87. The van der Waals surface area contributed by atoms with Crippen molar-refractivity contribution in [1.29, 1.82) is 0 Å². The minimum absolute atomic E-state index is 0.791. The van der Waals surface area contributed by atoms with Gasteiger partial charge in [-0.1, -0.05) is 57.9 Å². The summed E-state index contributed by atoms with van der Waals surface area (Å²) >= 11 is 3.45. The predicted octanol–water partition coefficient (Wildman–Crippen LogP) is 4.67. The van der Waals surface area contributed by atoms with Gasteiger partial charge in [-0.25, -0.2) is 0 Å². The molecule has 1 heterocycles. The summed E-state index contributed by atoms with van der Waals surface area (Å²) in [5.41, 5.74) is 4.88. The zero-order valence-corrected chi connectivity index (χ0v) is 12.8. The molecule has 3 rings (SSSR count). The van der Waals surface area contributed by atoms with E-state index in [0.717, 1.165) is 16.6 Å². The highest BCUT2D eigenvalue weighted by molar-refractivity contribution is 9.10. The highest BCUT2D eigenvalue weighted by Crippen LogP contribution is 2.19. The molecule has 3 aromatic rings. The van der Waals surface area contributed by atoms with Crippen molar-refractivity contribution < 1.29 is 0 Å². The second kappa shape index (κ2) is 5.63. The summed E-state index contributed by atoms with van der Waals surface area (Å²) in [6.07, 6.45) is 4.01. The van der Waals surface area contributed by atoms with Crippen molar-refractivity contribution in [2.45, 2.75) is 13.5 Å². The van der Waals surface area contributed by atoms with Gasteiger partial charge in [-0.05, 0) is 30.2 Å². The third-order valence-corrected chi connectivity index (χ3v) is 3.80. The van der Waals surface area contributed by atoms with Gasteiger partial charge in [-0.15, -0.1) is 0 Å². The van der Waals surface area contributed by atoms with Gasteiger partial charge in [0.25, 0.3) is 0 Å². The van der Waals surface area contributed by atoms with E-state index in [1.807, 2.05) is 10.9 Å². The maximum absolute atomic E-state index is 4.44. The van der Waals surface area contributed by atoms with E-state index in [1.165, 1.54) is 16.7 Å². The largest absolute Gasteiger partial charge is 0.268 e. The summed E-state index contributed by atoms with van der Waals surface area (Å²) in [4.78, 5) is 0. The summed E-state index contributed by atoms with van der Waals surface area (Å²) in [5, 5.41) is 4.44. The SMILES string of the molecule is Cc1ccc(-c2cnn(Cc3ccc(Br)cc3)c2)cc1. The molecule has 0 spiro atoms. The summed E-state index contributed by atoms with van der Waals surface area (Å²) in [6.45, 7) is 2.89. The van der Waals surface area contributed by atoms with E-state index in [2.05, 4.69) is 82.7 Å². The Labute approximate surface area is 127 Å². The third-order valence-electron chi connectivity index (χ3n) is 3.28. The first-order valence-corrected chi connectivity index (χ1v) is 7.34. The molecule has 0 aliphatic carbocycles. The first-order chi connectivity index (χ1) is 9.70. The Kier molecular flexibility index (Phi) is 3.70. The molecule has 2 nitrogen and oxygen atoms in total. The first-order valence-electron chi connectivity index (χ1n) is 6.55. The molecule has 0 aliphatic rings. The monoisotopic (exact) mass is 326 g/mol. The molecule has 0 radical (unpaired) electrons. The fourth-order valence-corrected chi connectivity index (χ4v) is 2.39. The van der Waals surface area contributed by atoms with E-state index in [9.17, 15) is 0 Å². The van der Waals surface area contributed by atoms with Gasteiger partial charge in [0.05, 0.1) is 12.7 Å². The molecule has 0 unspecified atom stereocenters. The van der Waals surface area contributed by atoms with E-state index in [4.69, 9.17) is 0 Å². The molecule has 0 aliphatic heterocycles. The second-order valence-electron chi connectivity index (χ2n) is 4.92. The van der Waals surface area contributed by atoms with Gasteiger partial charge in [-0.3, -0.25) is 4.68 Å². The third kappa shape index (κ3) is 2.99. The van der Waals surface area contributed by atoms with Crippen molar-refractivity contribution in [3.05, 3.63) is 76.5 Å². The van der Waals surface area contributed by atoms with Gasteiger partial charge >= 0.3 is 0 Å². The van der Waals surface area contributed by atoms with Crippen molar-refractivity contribution in [2.24, 2.45) is 0 Å². The first kappa shape index (κ1) is 13.1. The van der Waals surface area contributed by atoms with Crippen LogP contribution in [0.4, 0.5) is 0 Å². The summed E-state index contributed by atoms with van der Waals surface area (Å²) in [7, 11) is 0. The lowest BCUT2D eigenvalue weighted by atomic mass is 10.1. The maximum Gasteiger partial charge on any atom is 0.0659 e. The van der Waals surface area contributed by atoms with E-state index in [0.29, 0.717) is 0 Å². The molecule has 0 amide bonds. The van der Waals surface area contributed by atoms with Crippen LogP contribution in [0.1, 0.15) is 11.1 Å². The fourth-order valence-electron chi connectivity index (χ4n) is 2.12. The van der Waals surface area contributed by atoms with E-state index >= 15 is 0 Å². The number of hydrogen-bond acceptors (Lipinski definition) is 1. The summed E-state index contributed by atoms with van der Waals surface area (Å²) < 4.78 is 3.07. The highest BCUT2D eigenvalue weighted by atomic mass is 79.9. The normalized spacial score (nSPS) is 10.7. The predicted molar refractivity (Wildman–Crippen MR) is 85.6 cm³/mol. The van der Waals surface area contributed by atoms with Crippen molar-refractivity contribution in [2.75, 3.05) is 0 Å². The van der Waals surface area contributed by atoms with Crippen LogP contribution in [-0.2, 0) is 6.54 Å². The molecule has 0 saturated heterocycles. The molecular weight excluding hydrogens is 312 g/mol. The Balaban J connectivity index is 1.80. The molecule has 0 atom stereocenters. The minimum atomic E-state index is 0.791. The number of benzene rings is 2. The average Bonchev–Trinajstić information content (AvgIpc) is 2.91. The smallest absolute Gasteiger partial charge is 0.0659 e. The van der Waals surface area contributed by atoms with Gasteiger partial charge in [0.2, 0.25) is 0 Å². The molecule has 0 fully saturated rings. The van der Waals surface area contributed by atoms with Gasteiger partial charge in [-0.2, -0.15) is 5.10 Å². The van der Waals surface area contributed by atoms with Crippen LogP contribution in [0, 0.1) is 6.92 Å². The Morgan fingerprint density at radius 2 is 1.65 bits per heavy atom. The molecule has 2 aromatic carbocycles. The van der Waals surface area contributed by atoms with Crippen LogP contribution >= 0.6 is 15.9 Å². The number of rotatable bonds is 3. The Morgan fingerprint density at radius 3 is 2.35 bits per heavy atom. The summed E-state index contributed by atoms with van der Waals surface area (Å²) in [5.74, 6) is 0. The van der Waals surface area contributed by atoms with Crippen molar-refractivity contribution >= 4 is 15.9 Å². The van der Waals surface area contributed by atoms with E-state index < -0.39 is 0 Å². The molecule has 20 heavy (non-hydrogen) atoms. The molecule has 0 N–H and O–H groups in total. The number of hydrogen-bond donors (Lipinski definition) is 0. The average molecular weight is 327 g/mol. The number of aryl methyl sites for hydroxylation is 1. The fraction of sp³-hybridized carbons (Fsp3) is 0.118.